The van der Waals surface area contributed by atoms with E-state index in [0.717, 1.165) is 31.5 Å². The predicted octanol–water partition coefficient (Wildman–Crippen LogP) is 2.29. The molecule has 1 heterocycles. The number of nitrogens with one attached hydrogen (secondary N) is 2. The van der Waals surface area contributed by atoms with Crippen LogP contribution in [0.1, 0.15) is 19.8 Å². The molecule has 5 heteroatoms. The van der Waals surface area contributed by atoms with Gasteiger partial charge in [0.05, 0.1) is 5.69 Å². The van der Waals surface area contributed by atoms with Gasteiger partial charge in [-0.25, -0.2) is 8.78 Å². The van der Waals surface area contributed by atoms with E-state index < -0.39 is 11.6 Å². The smallest absolute Gasteiger partial charge is 0.227 e. The molecule has 18 heavy (non-hydrogen) atoms. The van der Waals surface area contributed by atoms with Crippen molar-refractivity contribution in [3.63, 3.8) is 0 Å². The highest BCUT2D eigenvalue weighted by Crippen LogP contribution is 2.20. The van der Waals surface area contributed by atoms with Crippen LogP contribution >= 0.6 is 0 Å². The van der Waals surface area contributed by atoms with Crippen LogP contribution in [0.4, 0.5) is 14.5 Å². The number of benzene rings is 1. The number of carbonyl (C=O) groups is 1. The van der Waals surface area contributed by atoms with E-state index in [1.54, 1.807) is 0 Å². The van der Waals surface area contributed by atoms with Crippen LogP contribution in [0.25, 0.3) is 0 Å². The zero-order chi connectivity index (χ0) is 13.1. The Hall–Kier alpha value is -1.49. The lowest BCUT2D eigenvalue weighted by atomic mass is 9.92. The van der Waals surface area contributed by atoms with Crippen LogP contribution in [0, 0.1) is 17.6 Å². The maximum atomic E-state index is 13.4. The maximum absolute atomic E-state index is 13.4. The van der Waals surface area contributed by atoms with E-state index in [4.69, 9.17) is 0 Å². The molecule has 1 saturated heterocycles. The van der Waals surface area contributed by atoms with Gasteiger partial charge >= 0.3 is 0 Å². The van der Waals surface area contributed by atoms with E-state index in [1.165, 1.54) is 6.07 Å². The van der Waals surface area contributed by atoms with Crippen LogP contribution in [0.3, 0.4) is 0 Å². The summed E-state index contributed by atoms with van der Waals surface area (Å²) in [4.78, 5) is 12.0. The molecule has 98 valence electrons. The van der Waals surface area contributed by atoms with E-state index in [0.29, 0.717) is 0 Å². The van der Waals surface area contributed by atoms with Gasteiger partial charge in [0.1, 0.15) is 11.6 Å². The summed E-state index contributed by atoms with van der Waals surface area (Å²) in [5.41, 5.74) is 0.0348. The second kappa shape index (κ2) is 5.44. The average Bonchev–Trinajstić information content (AvgIpc) is 2.32. The Morgan fingerprint density at radius 1 is 1.44 bits per heavy atom. The fourth-order valence-corrected chi connectivity index (χ4v) is 2.20. The minimum atomic E-state index is -0.745. The Morgan fingerprint density at radius 2 is 2.22 bits per heavy atom. The quantitative estimate of drug-likeness (QED) is 0.850. The van der Waals surface area contributed by atoms with Crippen molar-refractivity contribution in [2.45, 2.75) is 25.8 Å². The fraction of sp³-hybridized carbons (Fsp3) is 0.462. The molecule has 1 fully saturated rings. The summed E-state index contributed by atoms with van der Waals surface area (Å²) in [7, 11) is 0. The largest absolute Gasteiger partial charge is 0.323 e. The van der Waals surface area contributed by atoms with Gasteiger partial charge in [0.15, 0.2) is 0 Å². The van der Waals surface area contributed by atoms with Gasteiger partial charge in [-0.15, -0.1) is 0 Å². The summed E-state index contributed by atoms with van der Waals surface area (Å²) in [5, 5.41) is 5.77. The van der Waals surface area contributed by atoms with Gasteiger partial charge in [-0.1, -0.05) is 0 Å². The molecule has 0 saturated carbocycles. The number of anilines is 1. The molecule has 1 aromatic carbocycles. The van der Waals surface area contributed by atoms with Crippen molar-refractivity contribution in [2.75, 3.05) is 11.9 Å². The molecule has 2 unspecified atom stereocenters. The third-order valence-electron chi connectivity index (χ3n) is 3.18. The third-order valence-corrected chi connectivity index (χ3v) is 3.18. The lowest BCUT2D eigenvalue weighted by molar-refractivity contribution is -0.120. The van der Waals surface area contributed by atoms with Crippen LogP contribution in [-0.4, -0.2) is 18.5 Å². The zero-order valence-electron chi connectivity index (χ0n) is 10.2. The first-order chi connectivity index (χ1) is 8.56. The summed E-state index contributed by atoms with van der Waals surface area (Å²) < 4.78 is 26.1. The molecule has 0 aromatic heterocycles. The highest BCUT2D eigenvalue weighted by Gasteiger charge is 2.25. The Balaban J connectivity index is 2.02. The Morgan fingerprint density at radius 3 is 2.89 bits per heavy atom. The standard InChI is InChI=1S/C13H16F2N2O/c1-8-6-9(4-5-16-8)13(18)17-12-3-2-10(14)7-11(12)15/h2-3,7-9,16H,4-6H2,1H3,(H,17,18). The molecule has 0 aliphatic carbocycles. The van der Waals surface area contributed by atoms with E-state index in [-0.39, 0.29) is 23.6 Å². The van der Waals surface area contributed by atoms with Crippen molar-refractivity contribution in [1.82, 2.24) is 5.32 Å². The molecule has 2 N–H and O–H groups in total. The van der Waals surface area contributed by atoms with Crippen molar-refractivity contribution < 1.29 is 13.6 Å². The number of rotatable bonds is 2. The number of hydrogen-bond donors (Lipinski definition) is 2. The minimum Gasteiger partial charge on any atom is -0.323 e. The lowest BCUT2D eigenvalue weighted by Gasteiger charge is -2.27. The van der Waals surface area contributed by atoms with E-state index in [9.17, 15) is 13.6 Å². The third kappa shape index (κ3) is 3.04. The van der Waals surface area contributed by atoms with Gasteiger partial charge in [0.25, 0.3) is 0 Å². The van der Waals surface area contributed by atoms with E-state index in [1.807, 2.05) is 6.92 Å². The molecule has 2 atom stereocenters. The van der Waals surface area contributed by atoms with Crippen molar-refractivity contribution in [3.05, 3.63) is 29.8 Å². The van der Waals surface area contributed by atoms with E-state index >= 15 is 0 Å². The van der Waals surface area contributed by atoms with Crippen LogP contribution < -0.4 is 10.6 Å². The first-order valence-corrected chi connectivity index (χ1v) is 6.05. The molecule has 1 aliphatic heterocycles. The highest BCUT2D eigenvalue weighted by atomic mass is 19.1. The van der Waals surface area contributed by atoms with E-state index in [2.05, 4.69) is 10.6 Å². The Bertz CT molecular complexity index is 451. The Kier molecular flexibility index (Phi) is 3.91. The number of halogens is 2. The average molecular weight is 254 g/mol. The summed E-state index contributed by atoms with van der Waals surface area (Å²) in [5.74, 6) is -1.72. The summed E-state index contributed by atoms with van der Waals surface area (Å²) in [6, 6.07) is 3.42. The molecule has 0 radical (unpaired) electrons. The first-order valence-electron chi connectivity index (χ1n) is 6.05. The van der Waals surface area contributed by atoms with Crippen molar-refractivity contribution in [1.29, 1.82) is 0 Å². The monoisotopic (exact) mass is 254 g/mol. The molecular formula is C13H16F2N2O. The van der Waals surface area contributed by atoms with Gasteiger partial charge in [0, 0.05) is 18.0 Å². The molecule has 0 bridgehead atoms. The molecule has 3 nitrogen and oxygen atoms in total. The second-order valence-corrected chi connectivity index (χ2v) is 4.69. The maximum Gasteiger partial charge on any atom is 0.227 e. The number of amides is 1. The second-order valence-electron chi connectivity index (χ2n) is 4.69. The zero-order valence-corrected chi connectivity index (χ0v) is 10.2. The van der Waals surface area contributed by atoms with Gasteiger partial charge in [0.2, 0.25) is 5.91 Å². The van der Waals surface area contributed by atoms with Crippen LogP contribution in [0.5, 0.6) is 0 Å². The number of hydrogen-bond acceptors (Lipinski definition) is 2. The molecule has 2 rings (SSSR count). The van der Waals surface area contributed by atoms with Crippen LogP contribution in [0.2, 0.25) is 0 Å². The van der Waals surface area contributed by atoms with Crippen molar-refractivity contribution in [2.24, 2.45) is 5.92 Å². The van der Waals surface area contributed by atoms with Crippen LogP contribution in [-0.2, 0) is 4.79 Å². The number of carbonyl (C=O) groups excluding carboxylic acids is 1. The highest BCUT2D eigenvalue weighted by molar-refractivity contribution is 5.92. The Labute approximate surface area is 105 Å². The van der Waals surface area contributed by atoms with Gasteiger partial charge in [-0.05, 0) is 38.4 Å². The first kappa shape index (κ1) is 13.0. The molecular weight excluding hydrogens is 238 g/mol. The summed E-state index contributed by atoms with van der Waals surface area (Å²) in [6.07, 6.45) is 1.47. The predicted molar refractivity (Wildman–Crippen MR) is 65.2 cm³/mol. The van der Waals surface area contributed by atoms with Crippen LogP contribution in [0.15, 0.2) is 18.2 Å². The van der Waals surface area contributed by atoms with Gasteiger partial charge in [-0.2, -0.15) is 0 Å². The van der Waals surface area contributed by atoms with Crippen molar-refractivity contribution >= 4 is 11.6 Å². The fourth-order valence-electron chi connectivity index (χ4n) is 2.20. The lowest BCUT2D eigenvalue weighted by Crippen LogP contribution is -2.40. The normalized spacial score (nSPS) is 23.7. The molecule has 1 amide bonds. The van der Waals surface area contributed by atoms with Crippen molar-refractivity contribution in [3.8, 4) is 0 Å². The minimum absolute atomic E-state index is 0.0348. The number of piperidine rings is 1. The van der Waals surface area contributed by atoms with Gasteiger partial charge in [-0.3, -0.25) is 4.79 Å². The molecule has 1 aliphatic rings. The molecule has 1 aromatic rings. The summed E-state index contributed by atoms with van der Waals surface area (Å²) >= 11 is 0. The van der Waals surface area contributed by atoms with Gasteiger partial charge < -0.3 is 10.6 Å². The topological polar surface area (TPSA) is 41.1 Å². The molecule has 0 spiro atoms. The SMILES string of the molecule is CC1CC(C(=O)Nc2ccc(F)cc2F)CCN1. The summed E-state index contributed by atoms with van der Waals surface area (Å²) in [6.45, 7) is 2.79.